The lowest BCUT2D eigenvalue weighted by atomic mass is 10.3. The van der Waals surface area contributed by atoms with E-state index in [1.165, 1.54) is 0 Å². The summed E-state index contributed by atoms with van der Waals surface area (Å²) in [6, 6.07) is 0. The minimum atomic E-state index is 0.127. The lowest BCUT2D eigenvalue weighted by Gasteiger charge is -2.02. The largest absolute Gasteiger partial charge is 0.352 e. The summed E-state index contributed by atoms with van der Waals surface area (Å²) in [5.41, 5.74) is 0. The van der Waals surface area contributed by atoms with Gasteiger partial charge in [0.05, 0.1) is 0 Å². The molecule has 1 aliphatic heterocycles. The third-order valence-corrected chi connectivity index (χ3v) is 0.887. The zero-order chi connectivity index (χ0) is 5.11. The molecule has 0 atom stereocenters. The molecule has 0 aliphatic carbocycles. The van der Waals surface area contributed by atoms with E-state index in [-0.39, 0.29) is 5.91 Å². The summed E-state index contributed by atoms with van der Waals surface area (Å²) in [5, 5.41) is 2.66. The van der Waals surface area contributed by atoms with E-state index >= 15 is 0 Å². The van der Waals surface area contributed by atoms with Gasteiger partial charge in [0.2, 0.25) is 5.91 Å². The van der Waals surface area contributed by atoms with Crippen molar-refractivity contribution in [1.82, 2.24) is 5.32 Å². The van der Waals surface area contributed by atoms with Crippen molar-refractivity contribution in [1.29, 1.82) is 0 Å². The van der Waals surface area contributed by atoms with E-state index in [1.807, 2.05) is 12.2 Å². The molecule has 0 radical (unpaired) electrons. The van der Waals surface area contributed by atoms with Crippen molar-refractivity contribution >= 4 is 5.91 Å². The van der Waals surface area contributed by atoms with Crippen LogP contribution in [0.2, 0.25) is 0 Å². The average Bonchev–Trinajstić information content (AvgIpc) is 1.69. The van der Waals surface area contributed by atoms with E-state index < -0.39 is 0 Å². The first-order chi connectivity index (χ1) is 3.39. The van der Waals surface area contributed by atoms with Crippen molar-refractivity contribution in [2.45, 2.75) is 6.42 Å². The topological polar surface area (TPSA) is 29.1 Å². The Morgan fingerprint density at radius 2 is 2.43 bits per heavy atom. The van der Waals surface area contributed by atoms with Gasteiger partial charge in [-0.25, -0.2) is 0 Å². The number of amides is 1. The number of carbonyl (C=O) groups excluding carboxylic acids is 1. The maximum Gasteiger partial charge on any atom is 0.224 e. The van der Waals surface area contributed by atoms with Crippen LogP contribution in [0, 0.1) is 0 Å². The summed E-state index contributed by atoms with van der Waals surface area (Å²) in [5.74, 6) is 0.127. The Morgan fingerprint density at radius 3 is 2.71 bits per heavy atom. The van der Waals surface area contributed by atoms with Gasteiger partial charge in [0, 0.05) is 13.0 Å². The zero-order valence-corrected chi connectivity index (χ0v) is 3.98. The monoisotopic (exact) mass is 97.1 g/mol. The molecule has 0 bridgehead atoms. The fraction of sp³-hybridized carbons (Fsp3) is 0.400. The number of nitrogens with one attached hydrogen (secondary N) is 1. The molecular weight excluding hydrogens is 90.1 g/mol. The molecule has 1 aliphatic rings. The molecule has 1 N–H and O–H groups in total. The molecule has 0 saturated carbocycles. The zero-order valence-electron chi connectivity index (χ0n) is 3.98. The van der Waals surface area contributed by atoms with Crippen LogP contribution in [0.5, 0.6) is 0 Å². The van der Waals surface area contributed by atoms with Gasteiger partial charge in [0.25, 0.3) is 0 Å². The molecule has 0 spiro atoms. The van der Waals surface area contributed by atoms with Gasteiger partial charge in [-0.1, -0.05) is 12.2 Å². The van der Waals surface area contributed by atoms with Crippen LogP contribution >= 0.6 is 0 Å². The molecule has 1 rings (SSSR count). The highest BCUT2D eigenvalue weighted by molar-refractivity contribution is 5.78. The summed E-state index contributed by atoms with van der Waals surface area (Å²) in [6.45, 7) is 0.707. The predicted molar refractivity (Wildman–Crippen MR) is 26.8 cm³/mol. The molecule has 0 unspecified atom stereocenters. The van der Waals surface area contributed by atoms with Crippen molar-refractivity contribution in [2.24, 2.45) is 0 Å². The summed E-state index contributed by atoms with van der Waals surface area (Å²) in [4.78, 5) is 10.3. The second-order valence-electron chi connectivity index (χ2n) is 1.48. The Balaban J connectivity index is 2.47. The smallest absolute Gasteiger partial charge is 0.224 e. The Hall–Kier alpha value is -0.790. The van der Waals surface area contributed by atoms with Gasteiger partial charge in [-0.3, -0.25) is 4.79 Å². The minimum Gasteiger partial charge on any atom is -0.352 e. The SMILES string of the molecule is O=C1CC=CCN1. The van der Waals surface area contributed by atoms with Crippen LogP contribution in [-0.4, -0.2) is 12.5 Å². The molecule has 2 nitrogen and oxygen atoms in total. The molecule has 1 heterocycles. The van der Waals surface area contributed by atoms with Gasteiger partial charge >= 0.3 is 0 Å². The second kappa shape index (κ2) is 1.78. The van der Waals surface area contributed by atoms with Crippen LogP contribution in [0.4, 0.5) is 0 Å². The Kier molecular flexibility index (Phi) is 1.11. The van der Waals surface area contributed by atoms with Crippen molar-refractivity contribution in [2.75, 3.05) is 6.54 Å². The average molecular weight is 97.1 g/mol. The van der Waals surface area contributed by atoms with Gasteiger partial charge in [0.1, 0.15) is 0 Å². The molecule has 0 aromatic rings. The highest BCUT2D eigenvalue weighted by Crippen LogP contribution is 1.87. The van der Waals surface area contributed by atoms with Crippen molar-refractivity contribution in [3.05, 3.63) is 12.2 Å². The van der Waals surface area contributed by atoms with E-state index in [1.54, 1.807) is 0 Å². The van der Waals surface area contributed by atoms with Crippen LogP contribution in [0.1, 0.15) is 6.42 Å². The Bertz CT molecular complexity index is 107. The van der Waals surface area contributed by atoms with Gasteiger partial charge < -0.3 is 5.32 Å². The molecule has 0 aromatic heterocycles. The van der Waals surface area contributed by atoms with Crippen LogP contribution in [0.15, 0.2) is 12.2 Å². The molecule has 7 heavy (non-hydrogen) atoms. The Labute approximate surface area is 42.2 Å². The van der Waals surface area contributed by atoms with Crippen LogP contribution in [0.25, 0.3) is 0 Å². The standard InChI is InChI=1S/C5H7NO/c7-5-3-1-2-4-6-5/h1-2H,3-4H2,(H,6,7). The summed E-state index contributed by atoms with van der Waals surface area (Å²) >= 11 is 0. The van der Waals surface area contributed by atoms with Crippen molar-refractivity contribution in [3.8, 4) is 0 Å². The predicted octanol–water partition coefficient (Wildman–Crippen LogP) is 0.0625. The molecule has 0 saturated heterocycles. The van der Waals surface area contributed by atoms with E-state index in [0.717, 1.165) is 0 Å². The quantitative estimate of drug-likeness (QED) is 0.425. The fourth-order valence-electron chi connectivity index (χ4n) is 0.519. The van der Waals surface area contributed by atoms with Gasteiger partial charge in [-0.05, 0) is 0 Å². The first-order valence-electron chi connectivity index (χ1n) is 2.31. The highest BCUT2D eigenvalue weighted by atomic mass is 16.1. The molecule has 2 heteroatoms. The lowest BCUT2D eigenvalue weighted by molar-refractivity contribution is -0.120. The maximum atomic E-state index is 10.3. The van der Waals surface area contributed by atoms with Crippen molar-refractivity contribution in [3.63, 3.8) is 0 Å². The second-order valence-corrected chi connectivity index (χ2v) is 1.48. The Morgan fingerprint density at radius 1 is 1.57 bits per heavy atom. The summed E-state index contributed by atoms with van der Waals surface area (Å²) in [6.07, 6.45) is 4.38. The molecular formula is C5H7NO. The number of hydrogen-bond donors (Lipinski definition) is 1. The molecule has 1 amide bonds. The highest BCUT2D eigenvalue weighted by Gasteiger charge is 1.97. The minimum absolute atomic E-state index is 0.127. The maximum absolute atomic E-state index is 10.3. The number of hydrogen-bond acceptors (Lipinski definition) is 1. The van der Waals surface area contributed by atoms with Gasteiger partial charge in [0.15, 0.2) is 0 Å². The van der Waals surface area contributed by atoms with Crippen LogP contribution < -0.4 is 5.32 Å². The first-order valence-corrected chi connectivity index (χ1v) is 2.31. The van der Waals surface area contributed by atoms with E-state index in [4.69, 9.17) is 0 Å². The summed E-state index contributed by atoms with van der Waals surface area (Å²) < 4.78 is 0. The third-order valence-electron chi connectivity index (χ3n) is 0.887. The first kappa shape index (κ1) is 4.37. The fourth-order valence-corrected chi connectivity index (χ4v) is 0.519. The van der Waals surface area contributed by atoms with Crippen LogP contribution in [0.3, 0.4) is 0 Å². The van der Waals surface area contributed by atoms with Crippen LogP contribution in [-0.2, 0) is 4.79 Å². The van der Waals surface area contributed by atoms with E-state index in [0.29, 0.717) is 13.0 Å². The third kappa shape index (κ3) is 1.03. The van der Waals surface area contributed by atoms with Gasteiger partial charge in [-0.2, -0.15) is 0 Å². The number of carbonyl (C=O) groups is 1. The van der Waals surface area contributed by atoms with Crippen molar-refractivity contribution < 1.29 is 4.79 Å². The molecule has 38 valence electrons. The van der Waals surface area contributed by atoms with Gasteiger partial charge in [-0.15, -0.1) is 0 Å². The number of rotatable bonds is 0. The van der Waals surface area contributed by atoms with E-state index in [9.17, 15) is 4.79 Å². The molecule has 0 aromatic carbocycles. The summed E-state index contributed by atoms with van der Waals surface area (Å²) in [7, 11) is 0. The normalized spacial score (nSPS) is 19.1. The molecule has 0 fully saturated rings. The lowest BCUT2D eigenvalue weighted by Crippen LogP contribution is -2.24. The van der Waals surface area contributed by atoms with E-state index in [2.05, 4.69) is 5.32 Å².